The molecule has 0 aromatic heterocycles. The van der Waals surface area contributed by atoms with Crippen molar-refractivity contribution in [1.82, 2.24) is 10.2 Å². The number of ether oxygens (including phenoxy) is 1. The normalized spacial score (nSPS) is 16.6. The minimum atomic E-state index is -0.215. The molecule has 0 bridgehead atoms. The molecular weight excluding hydrogens is 220 g/mol. The van der Waals surface area contributed by atoms with E-state index in [1.165, 1.54) is 7.11 Å². The number of carbonyl (C=O) groups is 2. The van der Waals surface area contributed by atoms with E-state index in [9.17, 15) is 9.59 Å². The number of esters is 1. The molecule has 0 saturated carbocycles. The topological polar surface area (TPSA) is 58.6 Å². The van der Waals surface area contributed by atoms with Gasteiger partial charge in [0.25, 0.3) is 0 Å². The summed E-state index contributed by atoms with van der Waals surface area (Å²) >= 11 is 0. The van der Waals surface area contributed by atoms with E-state index in [0.717, 1.165) is 25.9 Å². The lowest BCUT2D eigenvalue weighted by Crippen LogP contribution is -2.39. The van der Waals surface area contributed by atoms with Crippen molar-refractivity contribution in [3.8, 4) is 0 Å². The highest BCUT2D eigenvalue weighted by Gasteiger charge is 2.23. The molecule has 17 heavy (non-hydrogen) atoms. The van der Waals surface area contributed by atoms with Crippen molar-refractivity contribution in [3.63, 3.8) is 0 Å². The Hall–Kier alpha value is -1.10. The first-order valence-electron chi connectivity index (χ1n) is 6.17. The Morgan fingerprint density at radius 2 is 2.00 bits per heavy atom. The van der Waals surface area contributed by atoms with Crippen molar-refractivity contribution in [2.45, 2.75) is 25.7 Å². The van der Waals surface area contributed by atoms with Gasteiger partial charge in [-0.1, -0.05) is 0 Å². The van der Waals surface area contributed by atoms with Crippen LogP contribution in [0.25, 0.3) is 0 Å². The number of hydrogen-bond donors (Lipinski definition) is 1. The van der Waals surface area contributed by atoms with Crippen LogP contribution in [0.5, 0.6) is 0 Å². The number of hydrogen-bond acceptors (Lipinski definition) is 4. The van der Waals surface area contributed by atoms with Gasteiger partial charge in [0.05, 0.1) is 7.11 Å². The number of carbonyl (C=O) groups excluding carboxylic acids is 2. The van der Waals surface area contributed by atoms with Gasteiger partial charge in [-0.2, -0.15) is 0 Å². The van der Waals surface area contributed by atoms with Crippen LogP contribution in [0.1, 0.15) is 25.7 Å². The fraction of sp³-hybridized carbons (Fsp3) is 0.833. The Labute approximate surface area is 102 Å². The summed E-state index contributed by atoms with van der Waals surface area (Å²) in [6.07, 6.45) is 2.88. The van der Waals surface area contributed by atoms with Crippen molar-refractivity contribution < 1.29 is 14.3 Å². The molecule has 0 unspecified atom stereocenters. The summed E-state index contributed by atoms with van der Waals surface area (Å²) in [5.41, 5.74) is 0. The van der Waals surface area contributed by atoms with E-state index >= 15 is 0 Å². The van der Waals surface area contributed by atoms with Crippen LogP contribution < -0.4 is 5.32 Å². The van der Waals surface area contributed by atoms with Crippen molar-refractivity contribution in [2.24, 2.45) is 5.92 Å². The van der Waals surface area contributed by atoms with Crippen LogP contribution in [0.15, 0.2) is 0 Å². The summed E-state index contributed by atoms with van der Waals surface area (Å²) in [6.45, 7) is 2.47. The monoisotopic (exact) mass is 242 g/mol. The largest absolute Gasteiger partial charge is 0.469 e. The van der Waals surface area contributed by atoms with E-state index in [0.29, 0.717) is 19.4 Å². The molecule has 1 aliphatic heterocycles. The summed E-state index contributed by atoms with van der Waals surface area (Å²) in [5.74, 6) is 0.142. The average molecular weight is 242 g/mol. The highest BCUT2D eigenvalue weighted by Crippen LogP contribution is 2.14. The molecule has 98 valence electrons. The Morgan fingerprint density at radius 3 is 2.59 bits per heavy atom. The number of rotatable bonds is 5. The van der Waals surface area contributed by atoms with Gasteiger partial charge in [0.2, 0.25) is 5.91 Å². The second kappa shape index (κ2) is 7.27. The lowest BCUT2D eigenvalue weighted by Gasteiger charge is -2.26. The highest BCUT2D eigenvalue weighted by molar-refractivity contribution is 5.78. The fourth-order valence-electron chi connectivity index (χ4n) is 2.05. The maximum Gasteiger partial charge on any atom is 0.305 e. The predicted octanol–water partition coefficient (Wildman–Crippen LogP) is 0.398. The zero-order chi connectivity index (χ0) is 12.7. The van der Waals surface area contributed by atoms with Crippen LogP contribution in [0, 0.1) is 5.92 Å². The fourth-order valence-corrected chi connectivity index (χ4v) is 2.05. The molecule has 0 aromatic rings. The van der Waals surface area contributed by atoms with Crippen LogP contribution in [0.4, 0.5) is 0 Å². The van der Waals surface area contributed by atoms with E-state index in [1.807, 2.05) is 7.05 Å². The summed E-state index contributed by atoms with van der Waals surface area (Å²) in [4.78, 5) is 24.7. The van der Waals surface area contributed by atoms with Crippen molar-refractivity contribution >= 4 is 11.9 Å². The van der Waals surface area contributed by atoms with Gasteiger partial charge in [0.15, 0.2) is 0 Å². The Bertz CT molecular complexity index is 262. The molecule has 1 saturated heterocycles. The number of amides is 1. The third kappa shape index (κ3) is 4.73. The van der Waals surface area contributed by atoms with Crippen LogP contribution >= 0.6 is 0 Å². The minimum absolute atomic E-state index is 0.152. The van der Waals surface area contributed by atoms with E-state index in [-0.39, 0.29) is 17.8 Å². The van der Waals surface area contributed by atoms with Crippen molar-refractivity contribution in [1.29, 1.82) is 0 Å². The number of nitrogens with one attached hydrogen (secondary N) is 1. The van der Waals surface area contributed by atoms with Gasteiger partial charge in [-0.3, -0.25) is 9.59 Å². The molecular formula is C12H22N2O3. The minimum Gasteiger partial charge on any atom is -0.469 e. The Morgan fingerprint density at radius 1 is 1.35 bits per heavy atom. The van der Waals surface area contributed by atoms with Gasteiger partial charge in [0, 0.05) is 25.9 Å². The predicted molar refractivity (Wildman–Crippen MR) is 64.5 cm³/mol. The van der Waals surface area contributed by atoms with Crippen LogP contribution in [-0.2, 0) is 14.3 Å². The smallest absolute Gasteiger partial charge is 0.305 e. The molecule has 0 atom stereocenters. The molecule has 0 aromatic carbocycles. The van der Waals surface area contributed by atoms with Gasteiger partial charge >= 0.3 is 5.97 Å². The number of methoxy groups -OCH3 is 1. The second-order valence-electron chi connectivity index (χ2n) is 4.46. The van der Waals surface area contributed by atoms with Gasteiger partial charge in [-0.15, -0.1) is 0 Å². The molecule has 1 amide bonds. The maximum absolute atomic E-state index is 12.0. The Kier molecular flexibility index (Phi) is 5.97. The summed E-state index contributed by atoms with van der Waals surface area (Å²) in [5, 5.41) is 3.24. The molecule has 1 rings (SSSR count). The highest BCUT2D eigenvalue weighted by atomic mass is 16.5. The van der Waals surface area contributed by atoms with E-state index in [4.69, 9.17) is 0 Å². The molecule has 0 spiro atoms. The number of nitrogens with zero attached hydrogens (tertiary/aromatic N) is 1. The molecule has 5 nitrogen and oxygen atoms in total. The molecule has 1 N–H and O–H groups in total. The van der Waals surface area contributed by atoms with Crippen molar-refractivity contribution in [3.05, 3.63) is 0 Å². The molecule has 0 aliphatic carbocycles. The van der Waals surface area contributed by atoms with Crippen LogP contribution in [-0.4, -0.2) is 50.6 Å². The average Bonchev–Trinajstić information content (AvgIpc) is 2.38. The van der Waals surface area contributed by atoms with Gasteiger partial charge in [-0.05, 0) is 32.4 Å². The SMILES string of the molecule is COC(=O)CCCN(C)C(=O)C1CCNCC1. The third-order valence-electron chi connectivity index (χ3n) is 3.17. The van der Waals surface area contributed by atoms with Gasteiger partial charge < -0.3 is 15.0 Å². The third-order valence-corrected chi connectivity index (χ3v) is 3.17. The first kappa shape index (κ1) is 14.0. The van der Waals surface area contributed by atoms with Crippen LogP contribution in [0.3, 0.4) is 0 Å². The van der Waals surface area contributed by atoms with E-state index < -0.39 is 0 Å². The summed E-state index contributed by atoms with van der Waals surface area (Å²) < 4.78 is 4.56. The molecule has 1 aliphatic rings. The van der Waals surface area contributed by atoms with Crippen molar-refractivity contribution in [2.75, 3.05) is 33.8 Å². The molecule has 1 fully saturated rings. The zero-order valence-corrected chi connectivity index (χ0v) is 10.7. The van der Waals surface area contributed by atoms with Gasteiger partial charge in [0.1, 0.15) is 0 Å². The maximum atomic E-state index is 12.0. The second-order valence-corrected chi connectivity index (χ2v) is 4.46. The molecule has 5 heteroatoms. The Balaban J connectivity index is 2.23. The lowest BCUT2D eigenvalue weighted by atomic mass is 9.96. The quantitative estimate of drug-likeness (QED) is 0.709. The first-order chi connectivity index (χ1) is 8.15. The summed E-state index contributed by atoms with van der Waals surface area (Å²) in [7, 11) is 3.19. The standard InChI is InChI=1S/C12H22N2O3/c1-14(9-3-4-11(15)17-2)12(16)10-5-7-13-8-6-10/h10,13H,3-9H2,1-2H3. The lowest BCUT2D eigenvalue weighted by molar-refractivity contribution is -0.141. The van der Waals surface area contributed by atoms with E-state index in [2.05, 4.69) is 10.1 Å². The van der Waals surface area contributed by atoms with Gasteiger partial charge in [-0.25, -0.2) is 0 Å². The first-order valence-corrected chi connectivity index (χ1v) is 6.17. The number of piperidine rings is 1. The van der Waals surface area contributed by atoms with E-state index in [1.54, 1.807) is 4.90 Å². The summed E-state index contributed by atoms with van der Waals surface area (Å²) in [6, 6.07) is 0. The zero-order valence-electron chi connectivity index (χ0n) is 10.7. The van der Waals surface area contributed by atoms with Crippen LogP contribution in [0.2, 0.25) is 0 Å². The molecule has 1 heterocycles. The molecule has 0 radical (unpaired) electrons.